The maximum Gasteiger partial charge on any atom is 0.304 e. The first-order valence-electron chi connectivity index (χ1n) is 5.01. The molecule has 0 fully saturated rings. The smallest absolute Gasteiger partial charge is 0.258 e. The van der Waals surface area contributed by atoms with Crippen molar-refractivity contribution in [3.8, 4) is 0 Å². The molecule has 1 aromatic rings. The first-order valence-corrected chi connectivity index (χ1v) is 4.99. The van der Waals surface area contributed by atoms with E-state index >= 15 is 0 Å². The number of nitrogens with one attached hydrogen (secondary N) is 1. The zero-order valence-electron chi connectivity index (χ0n) is 10.1. The Kier molecular flexibility index (Phi) is 2.01. The van der Waals surface area contributed by atoms with Gasteiger partial charge in [0.05, 0.1) is 9.82 Å². The van der Waals surface area contributed by atoms with Crippen LogP contribution in [0.4, 0.5) is 10.1 Å². The van der Waals surface area contributed by atoms with Gasteiger partial charge in [-0.05, 0) is 13.0 Å². The predicted octanol–water partition coefficient (Wildman–Crippen LogP) is 0.642. The van der Waals surface area contributed by atoms with Crippen molar-refractivity contribution in [2.45, 2.75) is 4.90 Å². The van der Waals surface area contributed by atoms with Gasteiger partial charge in [-0.3, -0.25) is 10.1 Å². The number of nitrogens with zero attached hydrogens (tertiary/aromatic N) is 1. The second-order valence-electron chi connectivity index (χ2n) is 2.48. The fraction of sp³-hybridized carbons (Fsp3) is 0.143. The van der Waals surface area contributed by atoms with E-state index in [1.165, 1.54) is 4.72 Å². The maximum atomic E-state index is 13.2. The van der Waals surface area contributed by atoms with Crippen molar-refractivity contribution in [2.75, 3.05) is 6.98 Å². The molecule has 82 valence electrons. The lowest BCUT2D eigenvalue weighted by Crippen LogP contribution is -2.18. The SMILES string of the molecule is [2H]C([2H])([2H])NS(=O)(=O)c1ccc([N+](=O)[O-])c(F)c1. The molecule has 0 saturated heterocycles. The van der Waals surface area contributed by atoms with Crippen LogP contribution in [0, 0.1) is 15.9 Å². The maximum absolute atomic E-state index is 13.2. The Morgan fingerprint density at radius 1 is 1.60 bits per heavy atom. The van der Waals surface area contributed by atoms with Gasteiger partial charge in [-0.1, -0.05) is 0 Å². The number of rotatable bonds is 3. The van der Waals surface area contributed by atoms with Crippen molar-refractivity contribution >= 4 is 15.7 Å². The standard InChI is InChI=1S/C7H7FN2O4S/c1-9-15(13,14)5-2-3-7(10(11)12)6(8)4-5/h2-4,9H,1H3/i1D3. The molecule has 0 aliphatic heterocycles. The predicted molar refractivity (Wildman–Crippen MR) is 49.3 cm³/mol. The number of nitro groups is 1. The van der Waals surface area contributed by atoms with Crippen LogP contribution >= 0.6 is 0 Å². The van der Waals surface area contributed by atoms with Gasteiger partial charge in [-0.25, -0.2) is 13.1 Å². The summed E-state index contributed by atoms with van der Waals surface area (Å²) >= 11 is 0. The quantitative estimate of drug-likeness (QED) is 0.617. The zero-order chi connectivity index (χ0) is 14.1. The van der Waals surface area contributed by atoms with Gasteiger partial charge in [-0.2, -0.15) is 4.39 Å². The van der Waals surface area contributed by atoms with Crippen LogP contribution in [0.3, 0.4) is 0 Å². The summed E-state index contributed by atoms with van der Waals surface area (Å²) in [6, 6.07) is 1.77. The molecular formula is C7H7FN2O4S. The zero-order valence-corrected chi connectivity index (χ0v) is 7.91. The summed E-state index contributed by atoms with van der Waals surface area (Å²) in [5.41, 5.74) is -0.900. The highest BCUT2D eigenvalue weighted by Gasteiger charge is 2.19. The molecule has 0 spiro atoms. The molecule has 1 rings (SSSR count). The van der Waals surface area contributed by atoms with Gasteiger partial charge in [0.25, 0.3) is 0 Å². The minimum absolute atomic E-state index is 0.381. The number of nitro benzene ring substituents is 1. The number of sulfonamides is 1. The summed E-state index contributed by atoms with van der Waals surface area (Å²) in [6.45, 7) is -2.98. The van der Waals surface area contributed by atoms with Crippen LogP contribution in [0.1, 0.15) is 4.11 Å². The molecule has 0 aliphatic rings. The van der Waals surface area contributed by atoms with E-state index in [2.05, 4.69) is 0 Å². The van der Waals surface area contributed by atoms with Gasteiger partial charge in [0.2, 0.25) is 15.8 Å². The molecule has 1 aromatic carbocycles. The van der Waals surface area contributed by atoms with E-state index < -0.39 is 38.3 Å². The Balaban J connectivity index is 3.20. The summed E-state index contributed by atoms with van der Waals surface area (Å²) < 4.78 is 57.7. The number of hydrogen-bond donors (Lipinski definition) is 1. The molecular weight excluding hydrogens is 227 g/mol. The van der Waals surface area contributed by atoms with Crippen LogP contribution in [0.15, 0.2) is 23.1 Å². The van der Waals surface area contributed by atoms with Crippen LogP contribution in [-0.2, 0) is 10.0 Å². The highest BCUT2D eigenvalue weighted by atomic mass is 32.2. The monoisotopic (exact) mass is 237 g/mol. The van der Waals surface area contributed by atoms with E-state index in [1.807, 2.05) is 0 Å². The van der Waals surface area contributed by atoms with Crippen LogP contribution in [0.5, 0.6) is 0 Å². The summed E-state index contributed by atoms with van der Waals surface area (Å²) in [5.74, 6) is -1.37. The lowest BCUT2D eigenvalue weighted by Gasteiger charge is -2.01. The number of benzene rings is 1. The molecule has 0 unspecified atom stereocenters. The molecule has 0 aliphatic carbocycles. The van der Waals surface area contributed by atoms with E-state index in [1.54, 1.807) is 0 Å². The van der Waals surface area contributed by atoms with Gasteiger partial charge in [-0.15, -0.1) is 0 Å². The van der Waals surface area contributed by atoms with Gasteiger partial charge in [0.15, 0.2) is 0 Å². The number of hydrogen-bond acceptors (Lipinski definition) is 4. The molecule has 8 heteroatoms. The third kappa shape index (κ3) is 2.28. The Morgan fingerprint density at radius 3 is 2.73 bits per heavy atom. The third-order valence-corrected chi connectivity index (χ3v) is 2.70. The molecule has 6 nitrogen and oxygen atoms in total. The van der Waals surface area contributed by atoms with E-state index in [-0.39, 0.29) is 0 Å². The highest BCUT2D eigenvalue weighted by Crippen LogP contribution is 2.20. The molecule has 0 aromatic heterocycles. The lowest BCUT2D eigenvalue weighted by atomic mass is 10.3. The molecule has 0 radical (unpaired) electrons. The third-order valence-electron chi connectivity index (χ3n) is 1.56. The van der Waals surface area contributed by atoms with Crippen LogP contribution in [0.25, 0.3) is 0 Å². The van der Waals surface area contributed by atoms with Crippen LogP contribution in [-0.4, -0.2) is 20.3 Å². The van der Waals surface area contributed by atoms with Gasteiger partial charge < -0.3 is 0 Å². The largest absolute Gasteiger partial charge is 0.304 e. The first-order chi connectivity index (χ1) is 8.03. The topological polar surface area (TPSA) is 89.3 Å². The highest BCUT2D eigenvalue weighted by molar-refractivity contribution is 7.89. The lowest BCUT2D eigenvalue weighted by molar-refractivity contribution is -0.387. The molecule has 0 heterocycles. The van der Waals surface area contributed by atoms with Crippen LogP contribution < -0.4 is 4.72 Å². The summed E-state index contributed by atoms with van der Waals surface area (Å²) in [4.78, 5) is 8.59. The second-order valence-corrected chi connectivity index (χ2v) is 4.16. The molecule has 0 bridgehead atoms. The normalized spacial score (nSPS) is 15.1. The van der Waals surface area contributed by atoms with Gasteiger partial charge >= 0.3 is 5.69 Å². The van der Waals surface area contributed by atoms with E-state index in [9.17, 15) is 22.9 Å². The second kappa shape index (κ2) is 3.91. The van der Waals surface area contributed by atoms with Crippen molar-refractivity contribution in [1.29, 1.82) is 0 Å². The first kappa shape index (κ1) is 7.71. The van der Waals surface area contributed by atoms with E-state index in [4.69, 9.17) is 4.11 Å². The molecule has 0 saturated carbocycles. The molecule has 1 N–H and O–H groups in total. The fourth-order valence-corrected chi connectivity index (χ4v) is 1.49. The fourth-order valence-electron chi connectivity index (χ4n) is 0.862. The van der Waals surface area contributed by atoms with Crippen molar-refractivity contribution in [3.63, 3.8) is 0 Å². The molecule has 0 atom stereocenters. The van der Waals surface area contributed by atoms with Crippen molar-refractivity contribution < 1.29 is 21.8 Å². The summed E-state index contributed by atoms with van der Waals surface area (Å²) in [5, 5.41) is 10.3. The Labute approximate surface area is 89.1 Å². The Bertz CT molecular complexity index is 587. The van der Waals surface area contributed by atoms with E-state index in [0.717, 1.165) is 6.07 Å². The summed E-state index contributed by atoms with van der Waals surface area (Å²) in [7, 11) is -4.46. The van der Waals surface area contributed by atoms with Gasteiger partial charge in [0, 0.05) is 16.2 Å². The van der Waals surface area contributed by atoms with Crippen molar-refractivity contribution in [3.05, 3.63) is 34.1 Å². The average Bonchev–Trinajstić information content (AvgIpc) is 2.12. The number of halogens is 1. The van der Waals surface area contributed by atoms with Crippen molar-refractivity contribution in [2.24, 2.45) is 0 Å². The average molecular weight is 237 g/mol. The molecule has 15 heavy (non-hydrogen) atoms. The van der Waals surface area contributed by atoms with Crippen LogP contribution in [0.2, 0.25) is 0 Å². The summed E-state index contributed by atoms with van der Waals surface area (Å²) in [6.07, 6.45) is 0. The molecule has 0 amide bonds. The van der Waals surface area contributed by atoms with Crippen molar-refractivity contribution in [1.82, 2.24) is 4.72 Å². The Morgan fingerprint density at radius 2 is 2.27 bits per heavy atom. The van der Waals surface area contributed by atoms with E-state index in [0.29, 0.717) is 12.1 Å². The minimum atomic E-state index is -4.46. The Hall–Kier alpha value is -1.54. The minimum Gasteiger partial charge on any atom is -0.258 e. The van der Waals surface area contributed by atoms with Gasteiger partial charge in [0.1, 0.15) is 0 Å².